The number of nitrogens with one attached hydrogen (secondary N) is 3. The molecule has 0 aliphatic heterocycles. The van der Waals surface area contributed by atoms with E-state index in [4.69, 9.17) is 4.74 Å². The van der Waals surface area contributed by atoms with E-state index in [0.717, 1.165) is 31.2 Å². The lowest BCUT2D eigenvalue weighted by Gasteiger charge is -2.40. The molecule has 4 amide bonds. The third-order valence-electron chi connectivity index (χ3n) is 9.83. The number of benzene rings is 1. The molecule has 1 rings (SSSR count). The molecule has 4 N–H and O–H groups in total. The quantitative estimate of drug-likeness (QED) is 0.134. The Labute approximate surface area is 296 Å². The molecule has 0 aromatic heterocycles. The van der Waals surface area contributed by atoms with Crippen LogP contribution in [-0.2, 0) is 23.9 Å². The Balaban J connectivity index is 3.24. The van der Waals surface area contributed by atoms with Gasteiger partial charge in [0.05, 0.1) is 49.2 Å². The fraction of sp³-hybridized carbons (Fsp3) is 0.737. The molecule has 0 aliphatic rings. The number of unbranched alkanes of at least 4 members (excludes halogenated alkanes) is 1. The molecule has 11 nitrogen and oxygen atoms in total. The Morgan fingerprint density at radius 3 is 2.06 bits per heavy atom. The van der Waals surface area contributed by atoms with Crippen molar-refractivity contribution in [3.63, 3.8) is 0 Å². The number of carbonyl (C=O) groups excluding carboxylic acids is 4. The number of aliphatic hydroxyl groups is 1. The monoisotopic (exact) mass is 690 g/mol. The zero-order valence-corrected chi connectivity index (χ0v) is 32.1. The van der Waals surface area contributed by atoms with E-state index >= 15 is 0 Å². The van der Waals surface area contributed by atoms with Crippen LogP contribution >= 0.6 is 0 Å². The predicted octanol–water partition coefficient (Wildman–Crippen LogP) is 4.30. The number of hydrogen-bond donors (Lipinski definition) is 4. The van der Waals surface area contributed by atoms with Gasteiger partial charge in [0.2, 0.25) is 23.6 Å². The largest absolute Gasteiger partial charge is 0.386 e. The molecule has 1 aromatic carbocycles. The van der Waals surface area contributed by atoms with Gasteiger partial charge in [-0.15, -0.1) is 0 Å². The lowest BCUT2D eigenvalue weighted by Crippen LogP contribution is -2.55. The number of rotatable bonds is 23. The van der Waals surface area contributed by atoms with E-state index < -0.39 is 36.3 Å². The second kappa shape index (κ2) is 22.6. The first kappa shape index (κ1) is 44.0. The summed E-state index contributed by atoms with van der Waals surface area (Å²) in [5.41, 5.74) is 0.720. The first-order valence-electron chi connectivity index (χ1n) is 18.3. The highest BCUT2D eigenvalue weighted by Crippen LogP contribution is 2.26. The van der Waals surface area contributed by atoms with Crippen LogP contribution in [0.4, 0.5) is 0 Å². The minimum atomic E-state index is -0.868. The molecule has 11 heteroatoms. The van der Waals surface area contributed by atoms with Crippen LogP contribution in [0.25, 0.3) is 0 Å². The van der Waals surface area contributed by atoms with Gasteiger partial charge in [0.15, 0.2) is 0 Å². The maximum Gasteiger partial charge on any atom is 0.242 e. The molecule has 8 atom stereocenters. The summed E-state index contributed by atoms with van der Waals surface area (Å²) in [7, 11) is 4.98. The van der Waals surface area contributed by atoms with E-state index in [1.54, 1.807) is 33.0 Å². The summed E-state index contributed by atoms with van der Waals surface area (Å²) in [6, 6.07) is 7.50. The van der Waals surface area contributed by atoms with E-state index in [-0.39, 0.29) is 54.5 Å². The van der Waals surface area contributed by atoms with Crippen LogP contribution in [0.1, 0.15) is 106 Å². The molecule has 0 bridgehead atoms. The number of carbonyl (C=O) groups is 4. The van der Waals surface area contributed by atoms with Crippen molar-refractivity contribution < 1.29 is 29.0 Å². The van der Waals surface area contributed by atoms with Gasteiger partial charge in [-0.3, -0.25) is 19.2 Å². The Morgan fingerprint density at radius 1 is 0.918 bits per heavy atom. The highest BCUT2D eigenvalue weighted by Gasteiger charge is 2.38. The summed E-state index contributed by atoms with van der Waals surface area (Å²) in [6.07, 6.45) is 2.37. The average Bonchev–Trinajstić information content (AvgIpc) is 3.09. The molecule has 0 spiro atoms. The summed E-state index contributed by atoms with van der Waals surface area (Å²) in [6.45, 7) is 16.0. The van der Waals surface area contributed by atoms with Gasteiger partial charge in [0, 0.05) is 26.7 Å². The van der Waals surface area contributed by atoms with Gasteiger partial charge in [-0.2, -0.15) is 0 Å². The zero-order chi connectivity index (χ0) is 37.3. The second-order valence-electron chi connectivity index (χ2n) is 13.8. The predicted molar refractivity (Wildman–Crippen MR) is 196 cm³/mol. The van der Waals surface area contributed by atoms with Crippen molar-refractivity contribution in [1.82, 2.24) is 25.8 Å². The normalized spacial score (nSPS) is 16.4. The summed E-state index contributed by atoms with van der Waals surface area (Å²) >= 11 is 0. The Kier molecular flexibility index (Phi) is 20.3. The van der Waals surface area contributed by atoms with Crippen molar-refractivity contribution in [1.29, 1.82) is 0 Å². The molecule has 280 valence electrons. The molecule has 1 aromatic rings. The van der Waals surface area contributed by atoms with Crippen LogP contribution in [0, 0.1) is 17.8 Å². The van der Waals surface area contributed by atoms with E-state index in [9.17, 15) is 24.3 Å². The van der Waals surface area contributed by atoms with Crippen LogP contribution in [0.3, 0.4) is 0 Å². The average molecular weight is 690 g/mol. The minimum Gasteiger partial charge on any atom is -0.386 e. The molecule has 49 heavy (non-hydrogen) atoms. The minimum absolute atomic E-state index is 0.000819. The van der Waals surface area contributed by atoms with Gasteiger partial charge in [0.1, 0.15) is 0 Å². The Bertz CT molecular complexity index is 1130. The number of ether oxygens (including phenoxy) is 1. The highest BCUT2D eigenvalue weighted by molar-refractivity contribution is 5.87. The van der Waals surface area contributed by atoms with Crippen molar-refractivity contribution in [2.24, 2.45) is 17.8 Å². The van der Waals surface area contributed by atoms with Crippen molar-refractivity contribution in [2.45, 2.75) is 130 Å². The van der Waals surface area contributed by atoms with Crippen LogP contribution in [-0.4, -0.2) is 103 Å². The number of hydrogen-bond acceptors (Lipinski definition) is 7. The van der Waals surface area contributed by atoms with Crippen molar-refractivity contribution in [3.8, 4) is 0 Å². The summed E-state index contributed by atoms with van der Waals surface area (Å²) in [5, 5.41) is 19.6. The van der Waals surface area contributed by atoms with Crippen molar-refractivity contribution in [3.05, 3.63) is 35.9 Å². The maximum absolute atomic E-state index is 14.3. The number of likely N-dealkylation sites (N-methyl/N-ethyl adjacent to an activating group) is 2. The van der Waals surface area contributed by atoms with E-state index in [0.29, 0.717) is 13.0 Å². The number of nitrogens with zero attached hydrogens (tertiary/aromatic N) is 2. The first-order valence-corrected chi connectivity index (χ1v) is 18.3. The first-order chi connectivity index (χ1) is 23.2. The van der Waals surface area contributed by atoms with Crippen LogP contribution < -0.4 is 16.0 Å². The van der Waals surface area contributed by atoms with Gasteiger partial charge in [-0.1, -0.05) is 98.1 Å². The fourth-order valence-corrected chi connectivity index (χ4v) is 6.53. The third kappa shape index (κ3) is 13.3. The maximum atomic E-state index is 14.3. The van der Waals surface area contributed by atoms with Crippen molar-refractivity contribution >= 4 is 23.6 Å². The van der Waals surface area contributed by atoms with E-state index in [1.807, 2.05) is 76.8 Å². The Morgan fingerprint density at radius 2 is 1.55 bits per heavy atom. The summed E-state index contributed by atoms with van der Waals surface area (Å²) in [4.78, 5) is 57.5. The van der Waals surface area contributed by atoms with Gasteiger partial charge in [-0.25, -0.2) is 0 Å². The molecule has 0 aliphatic carbocycles. The Hall–Kier alpha value is -3.02. The highest BCUT2D eigenvalue weighted by atomic mass is 16.5. The SMILES string of the molecule is CCCCN(C(=O)CC(OC)C(C(C)CC)N(C)C(=O)CNC(=O)C(NC)C(C)C)[C@H](CCC)C(C)C(=O)NC(C)C(O)c1ccccc1. The van der Waals surface area contributed by atoms with Crippen LogP contribution in [0.2, 0.25) is 0 Å². The van der Waals surface area contributed by atoms with Gasteiger partial charge < -0.3 is 35.6 Å². The number of methoxy groups -OCH3 is 1. The molecule has 7 unspecified atom stereocenters. The number of amides is 4. The van der Waals surface area contributed by atoms with E-state index in [1.165, 1.54) is 0 Å². The molecule has 0 fully saturated rings. The third-order valence-corrected chi connectivity index (χ3v) is 9.83. The summed E-state index contributed by atoms with van der Waals surface area (Å²) < 4.78 is 5.97. The topological polar surface area (TPSA) is 140 Å². The molecular formula is C38H67N5O6. The molecule has 0 saturated carbocycles. The molecule has 0 radical (unpaired) electrons. The summed E-state index contributed by atoms with van der Waals surface area (Å²) in [5.74, 6) is -1.34. The zero-order valence-electron chi connectivity index (χ0n) is 32.1. The van der Waals surface area contributed by atoms with Gasteiger partial charge in [-0.05, 0) is 44.2 Å². The van der Waals surface area contributed by atoms with Crippen LogP contribution in [0.5, 0.6) is 0 Å². The second-order valence-corrected chi connectivity index (χ2v) is 13.8. The lowest BCUT2D eigenvalue weighted by atomic mass is 9.89. The van der Waals surface area contributed by atoms with E-state index in [2.05, 4.69) is 22.9 Å². The van der Waals surface area contributed by atoms with Crippen LogP contribution in [0.15, 0.2) is 30.3 Å². The molecule has 0 saturated heterocycles. The van der Waals surface area contributed by atoms with Gasteiger partial charge >= 0.3 is 0 Å². The number of aliphatic hydroxyl groups excluding tert-OH is 1. The molecular weight excluding hydrogens is 622 g/mol. The standard InChI is InChI=1S/C38H67N5O6/c1-12-15-22-43(30(19-13-2)27(7)37(47)41-28(8)36(46)29-20-17-16-18-21-29)32(44)23-31(49-11)35(26(6)14-3)42(10)33(45)24-40-38(48)34(39-9)25(4)5/h16-18,20-21,25-28,30-31,34-36,39,46H,12-15,19,22-24H2,1-11H3,(H,40,48)(H,41,47)/t26?,27?,28?,30-,31?,34?,35?,36?/m1/s1. The molecule has 0 heterocycles. The fourth-order valence-electron chi connectivity index (χ4n) is 6.53. The smallest absolute Gasteiger partial charge is 0.242 e. The van der Waals surface area contributed by atoms with Crippen molar-refractivity contribution in [2.75, 3.05) is 34.3 Å². The lowest BCUT2D eigenvalue weighted by molar-refractivity contribution is -0.145. The van der Waals surface area contributed by atoms with Gasteiger partial charge in [0.25, 0.3) is 0 Å².